The Balaban J connectivity index is 2.38. The second-order valence-electron chi connectivity index (χ2n) is 4.84. The molecule has 1 aromatic carbocycles. The van der Waals surface area contributed by atoms with Crippen molar-refractivity contribution in [1.29, 1.82) is 0 Å². The van der Waals surface area contributed by atoms with Crippen LogP contribution in [-0.2, 0) is 7.05 Å². The Labute approximate surface area is 120 Å². The number of aryl methyl sites for hydroxylation is 1. The smallest absolute Gasteiger partial charge is 0.262 e. The Hall–Kier alpha value is -1.82. The molecular formula is C14H16N4OS. The molecule has 0 bridgehead atoms. The number of hydrogen-bond acceptors (Lipinski definition) is 4. The van der Waals surface area contributed by atoms with E-state index in [-0.39, 0.29) is 5.56 Å². The Morgan fingerprint density at radius 3 is 2.80 bits per heavy atom. The molecule has 5 nitrogen and oxygen atoms in total. The summed E-state index contributed by atoms with van der Waals surface area (Å²) in [4.78, 5) is 12.3. The first-order valence-corrected chi connectivity index (χ1v) is 7.51. The molecule has 2 aromatic heterocycles. The summed E-state index contributed by atoms with van der Waals surface area (Å²) in [5, 5.41) is 10.4. The summed E-state index contributed by atoms with van der Waals surface area (Å²) in [5.41, 5.74) is 0.821. The molecule has 1 unspecified atom stereocenters. The van der Waals surface area contributed by atoms with Gasteiger partial charge in [0.25, 0.3) is 5.56 Å². The van der Waals surface area contributed by atoms with Crippen molar-refractivity contribution in [3.63, 3.8) is 0 Å². The molecule has 20 heavy (non-hydrogen) atoms. The maximum Gasteiger partial charge on any atom is 0.262 e. The van der Waals surface area contributed by atoms with Gasteiger partial charge in [-0.25, -0.2) is 0 Å². The van der Waals surface area contributed by atoms with Gasteiger partial charge in [-0.15, -0.1) is 10.2 Å². The van der Waals surface area contributed by atoms with E-state index in [4.69, 9.17) is 0 Å². The van der Waals surface area contributed by atoms with E-state index in [1.807, 2.05) is 28.7 Å². The van der Waals surface area contributed by atoms with E-state index in [0.29, 0.717) is 16.4 Å². The van der Waals surface area contributed by atoms with Crippen LogP contribution < -0.4 is 5.56 Å². The second kappa shape index (κ2) is 4.94. The lowest BCUT2D eigenvalue weighted by Gasteiger charge is -2.09. The molecule has 6 heteroatoms. The molecule has 0 amide bonds. The lowest BCUT2D eigenvalue weighted by molar-refractivity contribution is 0.849. The molecule has 1 atom stereocenters. The monoisotopic (exact) mass is 288 g/mol. The fraction of sp³-hybridized carbons (Fsp3) is 0.357. The standard InChI is InChI=1S/C14H16N4OS/c1-4-9(2)20-14-16-15-13-17(3)12(19)10-7-5-6-8-11(10)18(13)14/h5-9H,4H2,1-3H3. The average Bonchev–Trinajstić information content (AvgIpc) is 2.88. The highest BCUT2D eigenvalue weighted by molar-refractivity contribution is 7.99. The van der Waals surface area contributed by atoms with Gasteiger partial charge in [-0.05, 0) is 18.6 Å². The first kappa shape index (κ1) is 13.2. The van der Waals surface area contributed by atoms with Crippen LogP contribution in [0.15, 0.2) is 34.2 Å². The molecule has 0 N–H and O–H groups in total. The van der Waals surface area contributed by atoms with Crippen molar-refractivity contribution in [2.24, 2.45) is 7.05 Å². The van der Waals surface area contributed by atoms with Crippen LogP contribution in [-0.4, -0.2) is 24.4 Å². The van der Waals surface area contributed by atoms with Gasteiger partial charge >= 0.3 is 0 Å². The lowest BCUT2D eigenvalue weighted by atomic mass is 10.2. The Kier molecular flexibility index (Phi) is 3.25. The topological polar surface area (TPSA) is 52.2 Å². The van der Waals surface area contributed by atoms with E-state index < -0.39 is 0 Å². The minimum absolute atomic E-state index is 0.0411. The van der Waals surface area contributed by atoms with Crippen LogP contribution in [0.3, 0.4) is 0 Å². The zero-order chi connectivity index (χ0) is 14.3. The first-order valence-electron chi connectivity index (χ1n) is 6.63. The molecule has 0 aliphatic rings. The molecule has 0 radical (unpaired) electrons. The highest BCUT2D eigenvalue weighted by Crippen LogP contribution is 2.25. The van der Waals surface area contributed by atoms with Crippen LogP contribution in [0.25, 0.3) is 16.7 Å². The first-order chi connectivity index (χ1) is 9.63. The summed E-state index contributed by atoms with van der Waals surface area (Å²) in [6.45, 7) is 4.31. The maximum atomic E-state index is 12.3. The van der Waals surface area contributed by atoms with Gasteiger partial charge < -0.3 is 0 Å². The van der Waals surface area contributed by atoms with Crippen molar-refractivity contribution in [2.45, 2.75) is 30.7 Å². The molecule has 3 rings (SSSR count). The zero-order valence-corrected chi connectivity index (χ0v) is 12.5. The molecular weight excluding hydrogens is 272 g/mol. The van der Waals surface area contributed by atoms with Crippen molar-refractivity contribution in [2.75, 3.05) is 0 Å². The molecule has 3 aromatic rings. The van der Waals surface area contributed by atoms with Crippen LogP contribution >= 0.6 is 11.8 Å². The van der Waals surface area contributed by atoms with Gasteiger partial charge in [-0.1, -0.05) is 37.7 Å². The molecule has 104 valence electrons. The van der Waals surface area contributed by atoms with Gasteiger partial charge in [0.05, 0.1) is 10.9 Å². The fourth-order valence-corrected chi connectivity index (χ4v) is 3.05. The van der Waals surface area contributed by atoms with E-state index in [1.165, 1.54) is 0 Å². The predicted octanol–water partition coefficient (Wildman–Crippen LogP) is 2.47. The van der Waals surface area contributed by atoms with E-state index in [9.17, 15) is 4.79 Å². The van der Waals surface area contributed by atoms with Gasteiger partial charge in [-0.2, -0.15) is 0 Å². The van der Waals surface area contributed by atoms with Crippen LogP contribution in [0.5, 0.6) is 0 Å². The number of para-hydroxylation sites is 1. The largest absolute Gasteiger partial charge is 0.279 e. The van der Waals surface area contributed by atoms with Gasteiger partial charge in [0, 0.05) is 12.3 Å². The highest BCUT2D eigenvalue weighted by atomic mass is 32.2. The fourth-order valence-electron chi connectivity index (χ4n) is 2.15. The van der Waals surface area contributed by atoms with Crippen LogP contribution in [0, 0.1) is 0 Å². The second-order valence-corrected chi connectivity index (χ2v) is 6.24. The maximum absolute atomic E-state index is 12.3. The van der Waals surface area contributed by atoms with Gasteiger partial charge in [0.15, 0.2) is 5.16 Å². The minimum Gasteiger partial charge on any atom is -0.279 e. The van der Waals surface area contributed by atoms with Crippen molar-refractivity contribution >= 4 is 28.4 Å². The van der Waals surface area contributed by atoms with E-state index in [2.05, 4.69) is 24.0 Å². The van der Waals surface area contributed by atoms with Crippen LogP contribution in [0.1, 0.15) is 20.3 Å². The van der Waals surface area contributed by atoms with Gasteiger partial charge in [-0.3, -0.25) is 13.8 Å². The SMILES string of the molecule is CCC(C)Sc1nnc2n(C)c(=O)c3ccccc3n12. The van der Waals surface area contributed by atoms with Crippen LogP contribution in [0.2, 0.25) is 0 Å². The van der Waals surface area contributed by atoms with Gasteiger partial charge in [0.1, 0.15) is 0 Å². The molecule has 0 fully saturated rings. The number of thioether (sulfide) groups is 1. The normalized spacial score (nSPS) is 13.2. The minimum atomic E-state index is -0.0411. The highest BCUT2D eigenvalue weighted by Gasteiger charge is 2.16. The molecule has 0 saturated carbocycles. The average molecular weight is 288 g/mol. The third-order valence-electron chi connectivity index (χ3n) is 3.48. The van der Waals surface area contributed by atoms with E-state index >= 15 is 0 Å². The van der Waals surface area contributed by atoms with E-state index in [0.717, 1.165) is 17.1 Å². The summed E-state index contributed by atoms with van der Waals surface area (Å²) in [6, 6.07) is 7.59. The summed E-state index contributed by atoms with van der Waals surface area (Å²) in [7, 11) is 1.73. The predicted molar refractivity (Wildman–Crippen MR) is 81.3 cm³/mol. The number of hydrogen-bond donors (Lipinski definition) is 0. The Bertz CT molecular complexity index is 836. The van der Waals surface area contributed by atoms with Crippen molar-refractivity contribution < 1.29 is 0 Å². The van der Waals surface area contributed by atoms with Crippen molar-refractivity contribution in [3.8, 4) is 0 Å². The molecule has 0 aliphatic carbocycles. The molecule has 0 aliphatic heterocycles. The van der Waals surface area contributed by atoms with Crippen molar-refractivity contribution in [1.82, 2.24) is 19.2 Å². The number of nitrogens with zero attached hydrogens (tertiary/aromatic N) is 4. The quantitative estimate of drug-likeness (QED) is 0.695. The third-order valence-corrected chi connectivity index (χ3v) is 4.69. The number of aromatic nitrogens is 4. The van der Waals surface area contributed by atoms with Crippen LogP contribution in [0.4, 0.5) is 0 Å². The number of benzene rings is 1. The summed E-state index contributed by atoms with van der Waals surface area (Å²) < 4.78 is 3.52. The Morgan fingerprint density at radius 2 is 2.05 bits per heavy atom. The molecule has 0 spiro atoms. The van der Waals surface area contributed by atoms with Gasteiger partial charge in [0.2, 0.25) is 5.78 Å². The summed E-state index contributed by atoms with van der Waals surface area (Å²) in [6.07, 6.45) is 1.06. The van der Waals surface area contributed by atoms with Crippen molar-refractivity contribution in [3.05, 3.63) is 34.6 Å². The molecule has 0 saturated heterocycles. The number of rotatable bonds is 3. The number of fused-ring (bicyclic) bond motifs is 3. The lowest BCUT2D eigenvalue weighted by Crippen LogP contribution is -2.20. The van der Waals surface area contributed by atoms with E-state index in [1.54, 1.807) is 23.4 Å². The summed E-state index contributed by atoms with van der Waals surface area (Å²) in [5.74, 6) is 0.583. The summed E-state index contributed by atoms with van der Waals surface area (Å²) >= 11 is 1.68. The Morgan fingerprint density at radius 1 is 1.30 bits per heavy atom. The zero-order valence-electron chi connectivity index (χ0n) is 11.7. The third kappa shape index (κ3) is 1.91. The molecule has 2 heterocycles.